The average molecular weight is 468 g/mol. The number of imide groups is 1. The van der Waals surface area contributed by atoms with Crippen LogP contribution in [0, 0.1) is 12.8 Å². The Hall–Kier alpha value is -4.33. The zero-order chi connectivity index (χ0) is 24.7. The fourth-order valence-electron chi connectivity index (χ4n) is 4.45. The van der Waals surface area contributed by atoms with E-state index in [0.29, 0.717) is 34.9 Å². The highest BCUT2D eigenvalue weighted by molar-refractivity contribution is 6.23. The van der Waals surface area contributed by atoms with Crippen molar-refractivity contribution in [3.63, 3.8) is 0 Å². The van der Waals surface area contributed by atoms with E-state index in [1.807, 2.05) is 57.2 Å². The summed E-state index contributed by atoms with van der Waals surface area (Å²) in [5, 5.41) is 8.42. The molecule has 0 bridgehead atoms. The molecule has 3 amide bonds. The standard InChI is InChI=1S/C27H25N5O3/c1-4-16(2)24(31-26(34)19-10-6-7-11-20(19)27(31)35)25(33)29-23-15-17(3)30-32(23)22-14-13-18-9-5-8-12-21(18)28-22/h5-16,24H,4H2,1-3H3,(H,29,33). The average Bonchev–Trinajstić information content (AvgIpc) is 3.36. The van der Waals surface area contributed by atoms with Crippen LogP contribution in [0.15, 0.2) is 66.7 Å². The lowest BCUT2D eigenvalue weighted by molar-refractivity contribution is -0.121. The van der Waals surface area contributed by atoms with E-state index in [0.717, 1.165) is 15.8 Å². The summed E-state index contributed by atoms with van der Waals surface area (Å²) >= 11 is 0. The molecule has 1 aliphatic rings. The van der Waals surface area contributed by atoms with Gasteiger partial charge in [0.2, 0.25) is 5.91 Å². The zero-order valence-corrected chi connectivity index (χ0v) is 19.7. The van der Waals surface area contributed by atoms with Crippen molar-refractivity contribution in [2.75, 3.05) is 5.32 Å². The van der Waals surface area contributed by atoms with E-state index in [9.17, 15) is 14.4 Å². The van der Waals surface area contributed by atoms with Gasteiger partial charge in [0, 0.05) is 11.5 Å². The van der Waals surface area contributed by atoms with Crippen molar-refractivity contribution in [1.82, 2.24) is 19.7 Å². The lowest BCUT2D eigenvalue weighted by atomic mass is 9.96. The van der Waals surface area contributed by atoms with Crippen LogP contribution in [0.2, 0.25) is 0 Å². The summed E-state index contributed by atoms with van der Waals surface area (Å²) in [6.45, 7) is 5.61. The second-order valence-corrected chi connectivity index (χ2v) is 8.79. The molecule has 0 saturated heterocycles. The molecule has 5 rings (SSSR count). The molecule has 1 N–H and O–H groups in total. The lowest BCUT2D eigenvalue weighted by Crippen LogP contribution is -2.50. The lowest BCUT2D eigenvalue weighted by Gasteiger charge is -2.29. The number of fused-ring (bicyclic) bond motifs is 2. The fraction of sp³-hybridized carbons (Fsp3) is 0.222. The monoisotopic (exact) mass is 467 g/mol. The van der Waals surface area contributed by atoms with Crippen molar-refractivity contribution in [2.24, 2.45) is 5.92 Å². The van der Waals surface area contributed by atoms with Gasteiger partial charge in [0.1, 0.15) is 11.9 Å². The first-order valence-electron chi connectivity index (χ1n) is 11.6. The summed E-state index contributed by atoms with van der Waals surface area (Å²) in [4.78, 5) is 45.7. The van der Waals surface area contributed by atoms with E-state index in [1.54, 1.807) is 35.0 Å². The minimum Gasteiger partial charge on any atom is -0.309 e. The molecule has 8 nitrogen and oxygen atoms in total. The first-order chi connectivity index (χ1) is 16.9. The predicted octanol–water partition coefficient (Wildman–Crippen LogP) is 4.38. The second kappa shape index (κ2) is 8.79. The number of rotatable bonds is 6. The molecule has 1 aliphatic heterocycles. The Morgan fingerprint density at radius 1 is 0.971 bits per heavy atom. The molecule has 0 aliphatic carbocycles. The molecule has 8 heteroatoms. The van der Waals surface area contributed by atoms with Crippen molar-refractivity contribution in [1.29, 1.82) is 0 Å². The molecule has 35 heavy (non-hydrogen) atoms. The first kappa shape index (κ1) is 22.5. The number of hydrogen-bond acceptors (Lipinski definition) is 5. The van der Waals surface area contributed by atoms with Gasteiger partial charge >= 0.3 is 0 Å². The highest BCUT2D eigenvalue weighted by atomic mass is 16.2. The van der Waals surface area contributed by atoms with Crippen LogP contribution in [0.4, 0.5) is 5.82 Å². The minimum absolute atomic E-state index is 0.256. The summed E-state index contributed by atoms with van der Waals surface area (Å²) in [6.07, 6.45) is 0.607. The Morgan fingerprint density at radius 3 is 2.31 bits per heavy atom. The number of amides is 3. The van der Waals surface area contributed by atoms with Gasteiger partial charge in [0.25, 0.3) is 11.8 Å². The van der Waals surface area contributed by atoms with Crippen LogP contribution in [-0.2, 0) is 4.79 Å². The quantitative estimate of drug-likeness (QED) is 0.425. The molecule has 0 spiro atoms. The number of aryl methyl sites for hydroxylation is 1. The van der Waals surface area contributed by atoms with E-state index in [-0.39, 0.29) is 5.92 Å². The maximum absolute atomic E-state index is 13.6. The van der Waals surface area contributed by atoms with E-state index < -0.39 is 23.8 Å². The van der Waals surface area contributed by atoms with Gasteiger partial charge in [-0.05, 0) is 43.2 Å². The second-order valence-electron chi connectivity index (χ2n) is 8.79. The van der Waals surface area contributed by atoms with Gasteiger partial charge in [0.05, 0.1) is 22.3 Å². The fourth-order valence-corrected chi connectivity index (χ4v) is 4.45. The van der Waals surface area contributed by atoms with E-state index in [2.05, 4.69) is 15.4 Å². The van der Waals surface area contributed by atoms with Crippen molar-refractivity contribution >= 4 is 34.4 Å². The van der Waals surface area contributed by atoms with Crippen molar-refractivity contribution in [3.8, 4) is 5.82 Å². The smallest absolute Gasteiger partial charge is 0.262 e. The molecule has 4 aromatic rings. The highest BCUT2D eigenvalue weighted by Crippen LogP contribution is 2.29. The summed E-state index contributed by atoms with van der Waals surface area (Å²) in [5.74, 6) is -0.642. The van der Waals surface area contributed by atoms with Crippen LogP contribution in [-0.4, -0.2) is 43.4 Å². The number of carbonyl (C=O) groups is 3. The number of para-hydroxylation sites is 1. The summed E-state index contributed by atoms with van der Waals surface area (Å²) in [6, 6.07) is 18.9. The topological polar surface area (TPSA) is 97.2 Å². The van der Waals surface area contributed by atoms with Crippen molar-refractivity contribution in [2.45, 2.75) is 33.2 Å². The number of carbonyl (C=O) groups excluding carboxylic acids is 3. The van der Waals surface area contributed by atoms with Crippen LogP contribution in [0.5, 0.6) is 0 Å². The van der Waals surface area contributed by atoms with Gasteiger partial charge < -0.3 is 5.32 Å². The van der Waals surface area contributed by atoms with Crippen LogP contribution in [0.3, 0.4) is 0 Å². The number of nitrogens with zero attached hydrogens (tertiary/aromatic N) is 4. The number of pyridine rings is 1. The number of nitrogens with one attached hydrogen (secondary N) is 1. The summed E-state index contributed by atoms with van der Waals surface area (Å²) < 4.78 is 1.57. The minimum atomic E-state index is -0.972. The molecule has 176 valence electrons. The Balaban J connectivity index is 1.49. The van der Waals surface area contributed by atoms with Gasteiger partial charge in [-0.2, -0.15) is 9.78 Å². The van der Waals surface area contributed by atoms with Gasteiger partial charge in [-0.25, -0.2) is 4.98 Å². The van der Waals surface area contributed by atoms with Crippen molar-refractivity contribution < 1.29 is 14.4 Å². The summed E-state index contributed by atoms with van der Waals surface area (Å²) in [5.41, 5.74) is 2.13. The Bertz CT molecular complexity index is 1440. The number of benzene rings is 2. The molecule has 0 fully saturated rings. The van der Waals surface area contributed by atoms with Gasteiger partial charge in [0.15, 0.2) is 5.82 Å². The molecule has 0 radical (unpaired) electrons. The third-order valence-electron chi connectivity index (χ3n) is 6.44. The van der Waals surface area contributed by atoms with E-state index in [4.69, 9.17) is 0 Å². The van der Waals surface area contributed by atoms with Crippen LogP contribution in [0.1, 0.15) is 46.7 Å². The normalized spacial score (nSPS) is 14.8. The molecular formula is C27H25N5O3. The van der Waals surface area contributed by atoms with Gasteiger partial charge in [-0.15, -0.1) is 0 Å². The molecule has 0 saturated carbocycles. The maximum Gasteiger partial charge on any atom is 0.262 e. The zero-order valence-electron chi connectivity index (χ0n) is 19.7. The molecule has 2 aromatic heterocycles. The predicted molar refractivity (Wildman–Crippen MR) is 132 cm³/mol. The largest absolute Gasteiger partial charge is 0.309 e. The molecular weight excluding hydrogens is 442 g/mol. The number of hydrogen-bond donors (Lipinski definition) is 1. The van der Waals surface area contributed by atoms with Crippen LogP contribution >= 0.6 is 0 Å². The molecule has 2 unspecified atom stereocenters. The third-order valence-corrected chi connectivity index (χ3v) is 6.44. The van der Waals surface area contributed by atoms with Crippen LogP contribution in [0.25, 0.3) is 16.7 Å². The van der Waals surface area contributed by atoms with Crippen LogP contribution < -0.4 is 5.32 Å². The molecule has 2 aromatic carbocycles. The van der Waals surface area contributed by atoms with Gasteiger partial charge in [-0.3, -0.25) is 19.3 Å². The van der Waals surface area contributed by atoms with Crippen molar-refractivity contribution in [3.05, 3.63) is 83.6 Å². The number of aromatic nitrogens is 3. The van der Waals surface area contributed by atoms with Gasteiger partial charge in [-0.1, -0.05) is 50.6 Å². The Morgan fingerprint density at radius 2 is 1.63 bits per heavy atom. The SMILES string of the molecule is CCC(C)C(C(=O)Nc1cc(C)nn1-c1ccc2ccccc2n1)N1C(=O)c2ccccc2C1=O. The third kappa shape index (κ3) is 3.86. The van der Waals surface area contributed by atoms with E-state index in [1.165, 1.54) is 0 Å². The van der Waals surface area contributed by atoms with E-state index >= 15 is 0 Å². The number of anilines is 1. The first-order valence-corrected chi connectivity index (χ1v) is 11.6. The Kier molecular flexibility index (Phi) is 5.64. The maximum atomic E-state index is 13.6. The highest BCUT2D eigenvalue weighted by Gasteiger charge is 2.44. The molecule has 3 heterocycles. The Labute approximate surface area is 202 Å². The summed E-state index contributed by atoms with van der Waals surface area (Å²) in [7, 11) is 0. The molecule has 2 atom stereocenters.